The zero-order chi connectivity index (χ0) is 16.3. The van der Waals surface area contributed by atoms with E-state index in [1.54, 1.807) is 0 Å². The molecule has 0 aromatic heterocycles. The molecule has 0 unspecified atom stereocenters. The molecule has 0 aliphatic carbocycles. The molecule has 2 nitrogen and oxygen atoms in total. The summed E-state index contributed by atoms with van der Waals surface area (Å²) in [6, 6.07) is 16.2. The average Bonchev–Trinajstić information content (AvgIpc) is 2.58. The highest BCUT2D eigenvalue weighted by atomic mass is 35.5. The first-order chi connectivity index (χ1) is 11.3. The predicted molar refractivity (Wildman–Crippen MR) is 99.7 cm³/mol. The van der Waals surface area contributed by atoms with Gasteiger partial charge in [0, 0.05) is 17.3 Å². The van der Waals surface area contributed by atoms with Crippen molar-refractivity contribution in [1.29, 1.82) is 0 Å². The lowest BCUT2D eigenvalue weighted by molar-refractivity contribution is 0.305. The van der Waals surface area contributed by atoms with Gasteiger partial charge in [0.25, 0.3) is 0 Å². The largest absolute Gasteiger partial charge is 0.494 e. The van der Waals surface area contributed by atoms with Gasteiger partial charge in [0.15, 0.2) is 0 Å². The van der Waals surface area contributed by atoms with E-state index in [1.165, 1.54) is 24.8 Å². The van der Waals surface area contributed by atoms with Crippen molar-refractivity contribution < 1.29 is 4.74 Å². The topological polar surface area (TPSA) is 21.3 Å². The lowest BCUT2D eigenvalue weighted by Crippen LogP contribution is -2.04. The smallest absolute Gasteiger partial charge is 0.119 e. The molecule has 2 aromatic rings. The summed E-state index contributed by atoms with van der Waals surface area (Å²) in [5.74, 6) is 0.949. The van der Waals surface area contributed by atoms with Gasteiger partial charge in [0.05, 0.1) is 6.61 Å². The molecule has 3 heteroatoms. The van der Waals surface area contributed by atoms with Crippen LogP contribution in [0.1, 0.15) is 38.2 Å². The van der Waals surface area contributed by atoms with Crippen molar-refractivity contribution in [2.45, 2.75) is 39.0 Å². The van der Waals surface area contributed by atoms with Crippen molar-refractivity contribution in [3.05, 3.63) is 59.1 Å². The van der Waals surface area contributed by atoms with Crippen LogP contribution in [0.15, 0.2) is 48.5 Å². The zero-order valence-electron chi connectivity index (χ0n) is 13.9. The number of hydrogen-bond donors (Lipinski definition) is 1. The molecule has 0 bridgehead atoms. The van der Waals surface area contributed by atoms with Crippen LogP contribution in [0.3, 0.4) is 0 Å². The third kappa shape index (κ3) is 6.96. The quantitative estimate of drug-likeness (QED) is 0.543. The van der Waals surface area contributed by atoms with Gasteiger partial charge in [-0.25, -0.2) is 0 Å². The van der Waals surface area contributed by atoms with Gasteiger partial charge in [-0.2, -0.15) is 0 Å². The van der Waals surface area contributed by atoms with Crippen LogP contribution in [0, 0.1) is 0 Å². The number of rotatable bonds is 10. The monoisotopic (exact) mass is 331 g/mol. The summed E-state index contributed by atoms with van der Waals surface area (Å²) < 4.78 is 5.75. The highest BCUT2D eigenvalue weighted by Gasteiger charge is 1.97. The maximum atomic E-state index is 5.89. The van der Waals surface area contributed by atoms with Crippen molar-refractivity contribution in [3.63, 3.8) is 0 Å². The maximum absolute atomic E-state index is 5.89. The summed E-state index contributed by atoms with van der Waals surface area (Å²) in [7, 11) is 0. The van der Waals surface area contributed by atoms with Gasteiger partial charge in [0.2, 0.25) is 0 Å². The fourth-order valence-electron chi connectivity index (χ4n) is 2.39. The Labute approximate surface area is 144 Å². The van der Waals surface area contributed by atoms with Crippen LogP contribution >= 0.6 is 11.6 Å². The molecule has 0 spiro atoms. The normalized spacial score (nSPS) is 10.5. The molecule has 23 heavy (non-hydrogen) atoms. The number of anilines is 1. The molecular weight excluding hydrogens is 306 g/mol. The lowest BCUT2D eigenvalue weighted by Gasteiger charge is -2.09. The molecular formula is C20H26ClNO. The van der Waals surface area contributed by atoms with E-state index < -0.39 is 0 Å². The molecule has 0 saturated carbocycles. The van der Waals surface area contributed by atoms with Crippen molar-refractivity contribution in [1.82, 2.24) is 0 Å². The molecule has 124 valence electrons. The fraction of sp³-hybridized carbons (Fsp3) is 0.400. The SMILES string of the molecule is CCCCCCOc1ccc(NCCc2ccc(Cl)cc2)cc1. The van der Waals surface area contributed by atoms with Crippen LogP contribution in [0.25, 0.3) is 0 Å². The van der Waals surface area contributed by atoms with E-state index in [2.05, 4.69) is 36.5 Å². The van der Waals surface area contributed by atoms with Crippen molar-refractivity contribution in [2.75, 3.05) is 18.5 Å². The van der Waals surface area contributed by atoms with Gasteiger partial charge in [-0.1, -0.05) is 49.9 Å². The van der Waals surface area contributed by atoms with Crippen LogP contribution in [0.5, 0.6) is 5.75 Å². The Morgan fingerprint density at radius 3 is 2.35 bits per heavy atom. The van der Waals surface area contributed by atoms with Gasteiger partial charge in [-0.15, -0.1) is 0 Å². The molecule has 0 saturated heterocycles. The molecule has 1 N–H and O–H groups in total. The van der Waals surface area contributed by atoms with Crippen LogP contribution in [-0.2, 0) is 6.42 Å². The minimum absolute atomic E-state index is 0.784. The highest BCUT2D eigenvalue weighted by Crippen LogP contribution is 2.16. The maximum Gasteiger partial charge on any atom is 0.119 e. The Morgan fingerprint density at radius 1 is 0.913 bits per heavy atom. The molecule has 0 amide bonds. The Morgan fingerprint density at radius 2 is 1.65 bits per heavy atom. The summed E-state index contributed by atoms with van der Waals surface area (Å²) in [6.07, 6.45) is 5.92. The molecule has 0 aliphatic heterocycles. The summed E-state index contributed by atoms with van der Waals surface area (Å²) in [4.78, 5) is 0. The van der Waals surface area contributed by atoms with E-state index in [4.69, 9.17) is 16.3 Å². The summed E-state index contributed by atoms with van der Waals surface area (Å²) >= 11 is 5.89. The van der Waals surface area contributed by atoms with E-state index in [-0.39, 0.29) is 0 Å². The summed E-state index contributed by atoms with van der Waals surface area (Å²) in [5.41, 5.74) is 2.41. The summed E-state index contributed by atoms with van der Waals surface area (Å²) in [6.45, 7) is 3.93. The molecule has 0 radical (unpaired) electrons. The van der Waals surface area contributed by atoms with Crippen molar-refractivity contribution in [2.24, 2.45) is 0 Å². The molecule has 2 aromatic carbocycles. The van der Waals surface area contributed by atoms with Gasteiger partial charge >= 0.3 is 0 Å². The second kappa shape index (κ2) is 10.2. The van der Waals surface area contributed by atoms with Crippen molar-refractivity contribution in [3.8, 4) is 5.75 Å². The number of hydrogen-bond acceptors (Lipinski definition) is 2. The van der Waals surface area contributed by atoms with E-state index in [9.17, 15) is 0 Å². The minimum Gasteiger partial charge on any atom is -0.494 e. The Balaban J connectivity index is 1.67. The summed E-state index contributed by atoms with van der Waals surface area (Å²) in [5, 5.41) is 4.21. The average molecular weight is 332 g/mol. The number of halogens is 1. The number of nitrogens with one attached hydrogen (secondary N) is 1. The number of ether oxygens (including phenoxy) is 1. The zero-order valence-corrected chi connectivity index (χ0v) is 14.6. The van der Waals surface area contributed by atoms with Crippen LogP contribution in [-0.4, -0.2) is 13.2 Å². The number of benzene rings is 2. The molecule has 0 aliphatic rings. The lowest BCUT2D eigenvalue weighted by atomic mass is 10.1. The van der Waals surface area contributed by atoms with E-state index >= 15 is 0 Å². The second-order valence-corrected chi connectivity index (χ2v) is 6.17. The van der Waals surface area contributed by atoms with Gasteiger partial charge in [-0.3, -0.25) is 0 Å². The first-order valence-electron chi connectivity index (χ1n) is 8.49. The van der Waals surface area contributed by atoms with E-state index in [0.29, 0.717) is 0 Å². The molecule has 2 rings (SSSR count). The third-order valence-electron chi connectivity index (χ3n) is 3.78. The van der Waals surface area contributed by atoms with E-state index in [0.717, 1.165) is 42.5 Å². The Kier molecular flexibility index (Phi) is 7.82. The molecule has 0 fully saturated rings. The second-order valence-electron chi connectivity index (χ2n) is 5.74. The van der Waals surface area contributed by atoms with Gasteiger partial charge < -0.3 is 10.1 Å². The first kappa shape index (κ1) is 17.7. The molecule has 0 heterocycles. The van der Waals surface area contributed by atoms with Crippen LogP contribution in [0.2, 0.25) is 5.02 Å². The third-order valence-corrected chi connectivity index (χ3v) is 4.03. The first-order valence-corrected chi connectivity index (χ1v) is 8.87. The molecule has 0 atom stereocenters. The van der Waals surface area contributed by atoms with Gasteiger partial charge in [0.1, 0.15) is 5.75 Å². The van der Waals surface area contributed by atoms with Crippen LogP contribution < -0.4 is 10.1 Å². The van der Waals surface area contributed by atoms with Crippen LogP contribution in [0.4, 0.5) is 5.69 Å². The van der Waals surface area contributed by atoms with E-state index in [1.807, 2.05) is 24.3 Å². The number of unbranched alkanes of at least 4 members (excludes halogenated alkanes) is 3. The fourth-order valence-corrected chi connectivity index (χ4v) is 2.52. The Bertz CT molecular complexity index is 551. The highest BCUT2D eigenvalue weighted by molar-refractivity contribution is 6.30. The Hall–Kier alpha value is -1.67. The van der Waals surface area contributed by atoms with Gasteiger partial charge in [-0.05, 0) is 54.8 Å². The predicted octanol–water partition coefficient (Wildman–Crippen LogP) is 5.95. The van der Waals surface area contributed by atoms with Crippen molar-refractivity contribution >= 4 is 17.3 Å². The minimum atomic E-state index is 0.784. The standard InChI is InChI=1S/C20H26ClNO/c1-2-3-4-5-16-23-20-12-10-19(11-13-20)22-15-14-17-6-8-18(21)9-7-17/h6-13,22H,2-5,14-16H2,1H3.